The number of hydrogen-bond donors (Lipinski definition) is 3. The van der Waals surface area contributed by atoms with Crippen molar-refractivity contribution in [2.24, 2.45) is 5.14 Å². The van der Waals surface area contributed by atoms with E-state index >= 15 is 0 Å². The first-order valence-corrected chi connectivity index (χ1v) is 6.59. The summed E-state index contributed by atoms with van der Waals surface area (Å²) < 4.78 is 26.0. The molecule has 1 unspecified atom stereocenters. The maximum absolute atomic E-state index is 11.4. The minimum atomic E-state index is -3.48. The zero-order valence-electron chi connectivity index (χ0n) is 9.52. The largest absolute Gasteiger partial charge is 0.383 e. The van der Waals surface area contributed by atoms with Crippen LogP contribution in [0.4, 0.5) is 0 Å². The number of primary sulfonamides is 1. The second-order valence-corrected chi connectivity index (χ2v) is 5.06. The van der Waals surface area contributed by atoms with Crippen molar-refractivity contribution < 1.29 is 17.9 Å². The predicted molar refractivity (Wildman–Crippen MR) is 60.3 cm³/mol. The Kier molecular flexibility index (Phi) is 7.22. The Labute approximate surface area is 95.8 Å². The summed E-state index contributed by atoms with van der Waals surface area (Å²) >= 11 is 0. The molecule has 0 fully saturated rings. The summed E-state index contributed by atoms with van der Waals surface area (Å²) in [5.74, 6) is -0.394. The average Bonchev–Trinajstić information content (AvgIpc) is 2.15. The van der Waals surface area contributed by atoms with Gasteiger partial charge in [0, 0.05) is 20.2 Å². The number of ether oxygens (including phenoxy) is 1. The Bertz CT molecular complexity index is 304. The Morgan fingerprint density at radius 1 is 1.44 bits per heavy atom. The fourth-order valence-corrected chi connectivity index (χ4v) is 1.34. The first kappa shape index (κ1) is 15.3. The summed E-state index contributed by atoms with van der Waals surface area (Å²) in [6.45, 7) is 2.66. The lowest BCUT2D eigenvalue weighted by Crippen LogP contribution is -2.44. The van der Waals surface area contributed by atoms with Crippen molar-refractivity contribution in [3.63, 3.8) is 0 Å². The second kappa shape index (κ2) is 7.55. The third-order valence-electron chi connectivity index (χ3n) is 1.84. The van der Waals surface area contributed by atoms with Crippen molar-refractivity contribution >= 4 is 15.9 Å². The van der Waals surface area contributed by atoms with Crippen LogP contribution in [0.2, 0.25) is 0 Å². The minimum Gasteiger partial charge on any atom is -0.383 e. The van der Waals surface area contributed by atoms with E-state index in [-0.39, 0.29) is 18.2 Å². The Hall–Kier alpha value is -0.700. The lowest BCUT2D eigenvalue weighted by molar-refractivity contribution is -0.122. The SMILES string of the molecule is COCCNC(=O)C(C)NCCS(N)(=O)=O. The average molecular weight is 253 g/mol. The molecule has 96 valence electrons. The van der Waals surface area contributed by atoms with Gasteiger partial charge in [-0.05, 0) is 6.92 Å². The quantitative estimate of drug-likeness (QED) is 0.434. The van der Waals surface area contributed by atoms with Crippen molar-refractivity contribution in [1.82, 2.24) is 10.6 Å². The summed E-state index contributed by atoms with van der Waals surface area (Å²) in [7, 11) is -1.94. The van der Waals surface area contributed by atoms with Crippen LogP contribution >= 0.6 is 0 Å². The van der Waals surface area contributed by atoms with Crippen molar-refractivity contribution in [3.8, 4) is 0 Å². The van der Waals surface area contributed by atoms with Crippen LogP contribution in [-0.4, -0.2) is 52.9 Å². The van der Waals surface area contributed by atoms with Gasteiger partial charge in [0.25, 0.3) is 0 Å². The zero-order chi connectivity index (χ0) is 12.6. The number of nitrogens with one attached hydrogen (secondary N) is 2. The molecule has 0 aromatic carbocycles. The first-order chi connectivity index (χ1) is 7.37. The second-order valence-electron chi connectivity index (χ2n) is 3.33. The number of carbonyl (C=O) groups excluding carboxylic acids is 1. The number of nitrogens with two attached hydrogens (primary N) is 1. The van der Waals surface area contributed by atoms with Gasteiger partial charge in [-0.15, -0.1) is 0 Å². The van der Waals surface area contributed by atoms with Gasteiger partial charge in [-0.1, -0.05) is 0 Å². The first-order valence-electron chi connectivity index (χ1n) is 4.87. The molecule has 1 atom stereocenters. The maximum atomic E-state index is 11.4. The molecule has 0 saturated heterocycles. The molecule has 0 heterocycles. The molecule has 0 aromatic heterocycles. The van der Waals surface area contributed by atoms with Crippen molar-refractivity contribution in [1.29, 1.82) is 0 Å². The smallest absolute Gasteiger partial charge is 0.236 e. The van der Waals surface area contributed by atoms with Crippen LogP contribution < -0.4 is 15.8 Å². The number of carbonyl (C=O) groups is 1. The highest BCUT2D eigenvalue weighted by molar-refractivity contribution is 7.89. The molecular weight excluding hydrogens is 234 g/mol. The van der Waals surface area contributed by atoms with Crippen LogP contribution in [0.15, 0.2) is 0 Å². The van der Waals surface area contributed by atoms with E-state index in [1.54, 1.807) is 14.0 Å². The highest BCUT2D eigenvalue weighted by atomic mass is 32.2. The number of amides is 1. The van der Waals surface area contributed by atoms with E-state index in [9.17, 15) is 13.2 Å². The molecule has 16 heavy (non-hydrogen) atoms. The van der Waals surface area contributed by atoms with Gasteiger partial charge < -0.3 is 15.4 Å². The van der Waals surface area contributed by atoms with Crippen LogP contribution in [-0.2, 0) is 19.6 Å². The zero-order valence-corrected chi connectivity index (χ0v) is 10.3. The third kappa shape index (κ3) is 8.60. The molecule has 0 aliphatic carbocycles. The fourth-order valence-electron chi connectivity index (χ4n) is 0.940. The van der Waals surface area contributed by atoms with E-state index in [0.717, 1.165) is 0 Å². The van der Waals surface area contributed by atoms with Gasteiger partial charge in [-0.2, -0.15) is 0 Å². The third-order valence-corrected chi connectivity index (χ3v) is 2.61. The van der Waals surface area contributed by atoms with E-state index in [1.807, 2.05) is 0 Å². The number of sulfonamides is 1. The van der Waals surface area contributed by atoms with Gasteiger partial charge in [0.05, 0.1) is 18.4 Å². The van der Waals surface area contributed by atoms with Crippen LogP contribution in [0.3, 0.4) is 0 Å². The van der Waals surface area contributed by atoms with Crippen molar-refractivity contribution in [2.45, 2.75) is 13.0 Å². The highest BCUT2D eigenvalue weighted by Gasteiger charge is 2.12. The summed E-state index contributed by atoms with van der Waals surface area (Å²) in [6, 6.07) is -0.460. The van der Waals surface area contributed by atoms with Crippen LogP contribution in [0.1, 0.15) is 6.92 Å². The van der Waals surface area contributed by atoms with Gasteiger partial charge in [0.15, 0.2) is 0 Å². The normalized spacial score (nSPS) is 13.4. The van der Waals surface area contributed by atoms with E-state index in [4.69, 9.17) is 9.88 Å². The van der Waals surface area contributed by atoms with Crippen molar-refractivity contribution in [3.05, 3.63) is 0 Å². The predicted octanol–water partition coefficient (Wildman–Crippen LogP) is -1.98. The van der Waals surface area contributed by atoms with Crippen LogP contribution in [0, 0.1) is 0 Å². The molecular formula is C8H19N3O4S. The molecule has 0 bridgehead atoms. The number of hydrogen-bond acceptors (Lipinski definition) is 5. The molecule has 4 N–H and O–H groups in total. The maximum Gasteiger partial charge on any atom is 0.236 e. The monoisotopic (exact) mass is 253 g/mol. The van der Waals surface area contributed by atoms with Gasteiger partial charge in [0.1, 0.15) is 0 Å². The summed E-state index contributed by atoms with van der Waals surface area (Å²) in [5.41, 5.74) is 0. The van der Waals surface area contributed by atoms with E-state index in [2.05, 4.69) is 10.6 Å². The molecule has 0 spiro atoms. The van der Waals surface area contributed by atoms with E-state index < -0.39 is 16.1 Å². The van der Waals surface area contributed by atoms with Gasteiger partial charge in [-0.25, -0.2) is 13.6 Å². The molecule has 7 nitrogen and oxygen atoms in total. The molecule has 0 aliphatic rings. The van der Waals surface area contributed by atoms with E-state index in [0.29, 0.717) is 13.2 Å². The van der Waals surface area contributed by atoms with Crippen molar-refractivity contribution in [2.75, 3.05) is 32.6 Å². The molecule has 0 aromatic rings. The molecule has 8 heteroatoms. The Balaban J connectivity index is 3.71. The molecule has 0 rings (SSSR count). The van der Waals surface area contributed by atoms with E-state index in [1.165, 1.54) is 0 Å². The summed E-state index contributed by atoms with van der Waals surface area (Å²) in [6.07, 6.45) is 0. The highest BCUT2D eigenvalue weighted by Crippen LogP contribution is 1.83. The lowest BCUT2D eigenvalue weighted by atomic mass is 10.3. The van der Waals surface area contributed by atoms with Gasteiger partial charge >= 0.3 is 0 Å². The molecule has 0 saturated carbocycles. The Morgan fingerprint density at radius 2 is 2.06 bits per heavy atom. The minimum absolute atomic E-state index is 0.150. The van der Waals surface area contributed by atoms with Crippen LogP contribution in [0.5, 0.6) is 0 Å². The molecule has 1 amide bonds. The standard InChI is InChI=1S/C8H19N3O4S/c1-7(8(12)11-3-5-15-2)10-4-6-16(9,13)14/h7,10H,3-6H2,1-2H3,(H,11,12)(H2,9,13,14). The van der Waals surface area contributed by atoms with Gasteiger partial charge in [0.2, 0.25) is 15.9 Å². The number of methoxy groups -OCH3 is 1. The fraction of sp³-hybridized carbons (Fsp3) is 0.875. The topological polar surface area (TPSA) is 111 Å². The number of rotatable bonds is 8. The molecule has 0 aliphatic heterocycles. The summed E-state index contributed by atoms with van der Waals surface area (Å²) in [5, 5.41) is 10.2. The van der Waals surface area contributed by atoms with Gasteiger partial charge in [-0.3, -0.25) is 4.79 Å². The Morgan fingerprint density at radius 3 is 2.56 bits per heavy atom. The molecule has 0 radical (unpaired) electrons. The lowest BCUT2D eigenvalue weighted by Gasteiger charge is -2.13. The van der Waals surface area contributed by atoms with Crippen LogP contribution in [0.25, 0.3) is 0 Å². The summed E-state index contributed by atoms with van der Waals surface area (Å²) in [4.78, 5) is 11.4.